The third-order valence-electron chi connectivity index (χ3n) is 6.42. The molecular weight excluding hydrogens is 599 g/mol. The summed E-state index contributed by atoms with van der Waals surface area (Å²) in [6.45, 7) is 1.97. The fourth-order valence-electron chi connectivity index (χ4n) is 4.19. The van der Waals surface area contributed by atoms with Crippen molar-refractivity contribution in [1.29, 1.82) is 5.26 Å². The van der Waals surface area contributed by atoms with E-state index in [-0.39, 0.29) is 93.7 Å². The molecule has 0 aliphatic rings. The largest absolute Gasteiger partial charge is 1.00 e. The van der Waals surface area contributed by atoms with Crippen LogP contribution in [0.1, 0.15) is 25.2 Å². The summed E-state index contributed by atoms with van der Waals surface area (Å²) in [5.41, 5.74) is -0.432. The molecule has 208 valence electrons. The van der Waals surface area contributed by atoms with Gasteiger partial charge in [-0.1, -0.05) is 12.1 Å². The number of nitrogens with zero attached hydrogens (tertiary/aromatic N) is 7. The van der Waals surface area contributed by atoms with Gasteiger partial charge in [0.15, 0.2) is 5.82 Å². The van der Waals surface area contributed by atoms with E-state index in [0.717, 1.165) is 4.57 Å². The summed E-state index contributed by atoms with van der Waals surface area (Å²) >= 11 is 0. The summed E-state index contributed by atoms with van der Waals surface area (Å²) < 4.78 is 17.0. The number of hydrogen-bond donors (Lipinski definition) is 1. The normalized spacial score (nSPS) is 11.5. The van der Waals surface area contributed by atoms with Crippen LogP contribution in [0.2, 0.25) is 0 Å². The van der Waals surface area contributed by atoms with Crippen molar-refractivity contribution in [3.8, 4) is 23.0 Å². The number of aliphatic hydroxyl groups is 1. The van der Waals surface area contributed by atoms with Crippen LogP contribution < -0.4 is 80.2 Å². The molecule has 43 heavy (non-hydrogen) atoms. The Bertz CT molecular complexity index is 2020. The van der Waals surface area contributed by atoms with Gasteiger partial charge >= 0.3 is 64.8 Å². The van der Waals surface area contributed by atoms with Crippen LogP contribution in [0.15, 0.2) is 64.6 Å². The zero-order chi connectivity index (χ0) is 29.5. The summed E-state index contributed by atoms with van der Waals surface area (Å²) in [7, 11) is -5.53. The second-order valence-electron chi connectivity index (χ2n) is 9.47. The first kappa shape index (κ1) is 34.8. The SMILES string of the molecule is CC(C)(C#N)c1ccc(-n2c(=O)n(COP(=O)([O-])[O-])c(=O)c3cnc4ccc(-c5cnc(CO)nc5)nc4c32)cc1.[Na+].[Na+]. The zero-order valence-electron chi connectivity index (χ0n) is 23.6. The number of aromatic nitrogens is 6. The van der Waals surface area contributed by atoms with E-state index in [4.69, 9.17) is 0 Å². The van der Waals surface area contributed by atoms with E-state index in [1.807, 2.05) is 0 Å². The van der Waals surface area contributed by atoms with Crippen LogP contribution in [0.4, 0.5) is 0 Å². The monoisotopic (exact) mass is 619 g/mol. The third-order valence-corrected chi connectivity index (χ3v) is 6.85. The summed E-state index contributed by atoms with van der Waals surface area (Å²) in [6, 6.07) is 11.9. The minimum atomic E-state index is -5.53. The summed E-state index contributed by atoms with van der Waals surface area (Å²) in [6.07, 6.45) is 4.14. The second kappa shape index (κ2) is 13.6. The molecule has 0 aliphatic carbocycles. The minimum absolute atomic E-state index is 0. The topological polar surface area (TPSA) is 212 Å². The van der Waals surface area contributed by atoms with Gasteiger partial charge in [0, 0.05) is 24.2 Å². The first-order valence-corrected chi connectivity index (χ1v) is 13.5. The van der Waals surface area contributed by atoms with Crippen molar-refractivity contribution in [2.45, 2.75) is 32.6 Å². The van der Waals surface area contributed by atoms with Crippen molar-refractivity contribution < 1.29 is 83.1 Å². The number of pyridine rings is 2. The summed E-state index contributed by atoms with van der Waals surface area (Å²) in [5.74, 6) is 0.210. The van der Waals surface area contributed by atoms with Crippen molar-refractivity contribution in [1.82, 2.24) is 29.1 Å². The van der Waals surface area contributed by atoms with E-state index in [9.17, 15) is 34.3 Å². The standard InChI is InChI=1S/C26H22N7O7P.2Na/c1-26(2,13-27)16-3-5-17(6-4-16)33-23-18(24(35)32(25(33)36)14-40-41(37,38)39)11-28-20-8-7-19(31-22(20)23)15-9-29-21(12-34)30-10-15;;/h3-11,34H,12,14H2,1-2H3,(H2,37,38,39);;/q;2*+1/p-2. The molecule has 0 bridgehead atoms. The molecule has 0 saturated carbocycles. The van der Waals surface area contributed by atoms with Gasteiger partial charge in [0.05, 0.1) is 47.1 Å². The first-order valence-electron chi connectivity index (χ1n) is 12.0. The number of fused-ring (bicyclic) bond motifs is 3. The van der Waals surface area contributed by atoms with E-state index in [1.54, 1.807) is 50.2 Å². The molecule has 4 heterocycles. The Labute approximate surface area is 287 Å². The fraction of sp³-hybridized carbons (Fsp3) is 0.192. The van der Waals surface area contributed by atoms with Gasteiger partial charge in [0.2, 0.25) is 0 Å². The van der Waals surface area contributed by atoms with Crippen LogP contribution in [0.3, 0.4) is 0 Å². The first-order chi connectivity index (χ1) is 19.4. The average Bonchev–Trinajstić information content (AvgIpc) is 2.96. The zero-order valence-corrected chi connectivity index (χ0v) is 28.5. The van der Waals surface area contributed by atoms with Crippen LogP contribution in [0.5, 0.6) is 0 Å². The van der Waals surface area contributed by atoms with Crippen molar-refractivity contribution in [2.75, 3.05) is 0 Å². The number of phosphoric acid groups is 1. The molecule has 0 unspecified atom stereocenters. The van der Waals surface area contributed by atoms with Gasteiger partial charge in [-0.25, -0.2) is 24.3 Å². The maximum Gasteiger partial charge on any atom is 1.00 e. The van der Waals surface area contributed by atoms with E-state index in [1.165, 1.54) is 18.6 Å². The molecule has 1 aromatic carbocycles. The fourth-order valence-corrected chi connectivity index (χ4v) is 4.44. The predicted molar refractivity (Wildman–Crippen MR) is 141 cm³/mol. The number of phosphoric ester groups is 1. The van der Waals surface area contributed by atoms with Crippen molar-refractivity contribution in [3.63, 3.8) is 0 Å². The molecular formula is C26H20N7Na2O7P. The van der Waals surface area contributed by atoms with Crippen molar-refractivity contribution in [2.24, 2.45) is 0 Å². The van der Waals surface area contributed by atoms with Gasteiger partial charge in [-0.05, 0) is 43.7 Å². The second-order valence-corrected chi connectivity index (χ2v) is 10.6. The van der Waals surface area contributed by atoms with E-state index in [0.29, 0.717) is 26.9 Å². The van der Waals surface area contributed by atoms with Crippen LogP contribution in [-0.2, 0) is 27.8 Å². The Morgan fingerprint density at radius 2 is 1.67 bits per heavy atom. The molecule has 0 fully saturated rings. The van der Waals surface area contributed by atoms with Crippen LogP contribution in [0, 0.1) is 11.3 Å². The number of rotatable bonds is 7. The maximum absolute atomic E-state index is 13.7. The Hall–Kier alpha value is -2.64. The van der Waals surface area contributed by atoms with E-state index < -0.39 is 31.2 Å². The molecule has 17 heteroatoms. The number of nitriles is 1. The van der Waals surface area contributed by atoms with Gasteiger partial charge in [0.25, 0.3) is 5.56 Å². The van der Waals surface area contributed by atoms with Gasteiger partial charge < -0.3 is 24.0 Å². The molecule has 14 nitrogen and oxygen atoms in total. The van der Waals surface area contributed by atoms with Crippen LogP contribution >= 0.6 is 7.82 Å². The molecule has 0 radical (unpaired) electrons. The molecule has 0 amide bonds. The number of benzene rings is 1. The minimum Gasteiger partial charge on any atom is -0.790 e. The molecule has 1 N–H and O–H groups in total. The molecule has 0 atom stereocenters. The molecule has 0 saturated heterocycles. The Morgan fingerprint density at radius 3 is 2.26 bits per heavy atom. The Balaban J connectivity index is 0.00000253. The predicted octanol–water partition coefficient (Wildman–Crippen LogP) is -5.34. The number of hydrogen-bond acceptors (Lipinski definition) is 12. The molecule has 5 rings (SSSR count). The van der Waals surface area contributed by atoms with E-state index in [2.05, 4.69) is 30.5 Å². The number of aliphatic hydroxyl groups excluding tert-OH is 1. The summed E-state index contributed by atoms with van der Waals surface area (Å²) in [4.78, 5) is 66.5. The molecule has 0 spiro atoms. The molecule has 4 aromatic heterocycles. The van der Waals surface area contributed by atoms with Crippen LogP contribution in [-0.4, -0.2) is 34.2 Å². The Morgan fingerprint density at radius 1 is 1.02 bits per heavy atom. The quantitative estimate of drug-likeness (QED) is 0.103. The third kappa shape index (κ3) is 7.04. The van der Waals surface area contributed by atoms with Gasteiger partial charge in [-0.15, -0.1) is 0 Å². The summed E-state index contributed by atoms with van der Waals surface area (Å²) in [5, 5.41) is 18.6. The van der Waals surface area contributed by atoms with Gasteiger partial charge in [-0.2, -0.15) is 5.26 Å². The molecule has 0 aliphatic heterocycles. The van der Waals surface area contributed by atoms with Gasteiger partial charge in [-0.3, -0.25) is 14.3 Å². The maximum atomic E-state index is 13.7. The molecule has 5 aromatic rings. The Kier molecular flexibility index (Phi) is 11.0. The van der Waals surface area contributed by atoms with Crippen molar-refractivity contribution in [3.05, 3.63) is 87.2 Å². The van der Waals surface area contributed by atoms with Gasteiger partial charge in [0.1, 0.15) is 18.9 Å². The average molecular weight is 619 g/mol. The smallest absolute Gasteiger partial charge is 0.790 e. The van der Waals surface area contributed by atoms with Crippen LogP contribution in [0.25, 0.3) is 38.9 Å². The van der Waals surface area contributed by atoms with Crippen molar-refractivity contribution >= 4 is 29.8 Å². The van der Waals surface area contributed by atoms with E-state index >= 15 is 0 Å².